The van der Waals surface area contributed by atoms with Crippen LogP contribution >= 0.6 is 0 Å². The van der Waals surface area contributed by atoms with Crippen LogP contribution in [0.3, 0.4) is 0 Å². The number of carbonyl (C=O) groups is 2. The average Bonchev–Trinajstić information content (AvgIpc) is 3.31. The van der Waals surface area contributed by atoms with Gasteiger partial charge in [0.2, 0.25) is 6.41 Å². The molecule has 1 aliphatic rings. The van der Waals surface area contributed by atoms with Gasteiger partial charge in [-0.3, -0.25) is 9.59 Å². The molecule has 2 aromatic carbocycles. The smallest absolute Gasteiger partial charge is 0.255 e. The first kappa shape index (κ1) is 14.1. The van der Waals surface area contributed by atoms with E-state index >= 15 is 0 Å². The van der Waals surface area contributed by atoms with Gasteiger partial charge in [0.05, 0.1) is 16.9 Å². The Hall–Kier alpha value is -2.82. The summed E-state index contributed by atoms with van der Waals surface area (Å²) >= 11 is 0. The van der Waals surface area contributed by atoms with Crippen LogP contribution < -0.4 is 16.4 Å². The lowest BCUT2D eigenvalue weighted by atomic mass is 10.0. The Morgan fingerprint density at radius 2 is 1.77 bits per heavy atom. The van der Waals surface area contributed by atoms with Crippen molar-refractivity contribution in [2.75, 3.05) is 11.1 Å². The van der Waals surface area contributed by atoms with Gasteiger partial charge in [0.15, 0.2) is 0 Å². The van der Waals surface area contributed by atoms with Crippen molar-refractivity contribution < 1.29 is 9.59 Å². The quantitative estimate of drug-likeness (QED) is 0.584. The van der Waals surface area contributed by atoms with E-state index in [4.69, 9.17) is 5.73 Å². The molecule has 0 radical (unpaired) electrons. The van der Waals surface area contributed by atoms with Gasteiger partial charge in [0.1, 0.15) is 0 Å². The van der Waals surface area contributed by atoms with E-state index in [0.717, 1.165) is 24.8 Å². The molecule has 1 fully saturated rings. The van der Waals surface area contributed by atoms with E-state index in [-0.39, 0.29) is 11.4 Å². The molecule has 2 aromatic rings. The van der Waals surface area contributed by atoms with Gasteiger partial charge in [-0.05, 0) is 42.7 Å². The van der Waals surface area contributed by atoms with Gasteiger partial charge in [-0.2, -0.15) is 0 Å². The molecule has 4 N–H and O–H groups in total. The molecular formula is C17H17N3O2. The number of hydrogen-bond donors (Lipinski definition) is 3. The van der Waals surface area contributed by atoms with Crippen molar-refractivity contribution >= 4 is 23.7 Å². The number of para-hydroxylation sites is 2. The summed E-state index contributed by atoms with van der Waals surface area (Å²) < 4.78 is 0. The van der Waals surface area contributed by atoms with E-state index in [0.29, 0.717) is 16.9 Å². The fourth-order valence-electron chi connectivity index (χ4n) is 2.50. The summed E-state index contributed by atoms with van der Waals surface area (Å²) in [6.45, 7) is 0. The second kappa shape index (κ2) is 5.52. The molecule has 112 valence electrons. The molecular weight excluding hydrogens is 278 g/mol. The first-order valence-corrected chi connectivity index (χ1v) is 7.12. The van der Waals surface area contributed by atoms with Gasteiger partial charge < -0.3 is 16.4 Å². The summed E-state index contributed by atoms with van der Waals surface area (Å²) in [7, 11) is 0. The Balaban J connectivity index is 1.74. The highest BCUT2D eigenvalue weighted by Gasteiger charge is 2.43. The van der Waals surface area contributed by atoms with Crippen LogP contribution in [-0.2, 0) is 10.3 Å². The van der Waals surface area contributed by atoms with Crippen molar-refractivity contribution in [1.29, 1.82) is 0 Å². The van der Waals surface area contributed by atoms with Gasteiger partial charge in [0.25, 0.3) is 5.91 Å². The number of nitrogens with two attached hydrogens (primary N) is 1. The van der Waals surface area contributed by atoms with Crippen LogP contribution in [0.25, 0.3) is 0 Å². The van der Waals surface area contributed by atoms with E-state index in [1.165, 1.54) is 0 Å². The highest BCUT2D eigenvalue weighted by molar-refractivity contribution is 6.05. The lowest BCUT2D eigenvalue weighted by molar-refractivity contribution is -0.110. The summed E-state index contributed by atoms with van der Waals surface area (Å²) in [5.41, 5.74) is 8.27. The molecule has 1 saturated carbocycles. The maximum atomic E-state index is 12.2. The lowest BCUT2D eigenvalue weighted by Gasteiger charge is -2.15. The van der Waals surface area contributed by atoms with Crippen LogP contribution in [0.15, 0.2) is 48.5 Å². The maximum Gasteiger partial charge on any atom is 0.255 e. The molecule has 0 atom stereocenters. The Kier molecular flexibility index (Phi) is 3.55. The van der Waals surface area contributed by atoms with Gasteiger partial charge in [-0.25, -0.2) is 0 Å². The van der Waals surface area contributed by atoms with Crippen LogP contribution in [0.5, 0.6) is 0 Å². The molecule has 5 heteroatoms. The molecule has 5 nitrogen and oxygen atoms in total. The van der Waals surface area contributed by atoms with Crippen LogP contribution in [0.2, 0.25) is 0 Å². The second-order valence-electron chi connectivity index (χ2n) is 5.46. The van der Waals surface area contributed by atoms with E-state index < -0.39 is 0 Å². The highest BCUT2D eigenvalue weighted by atomic mass is 16.1. The van der Waals surface area contributed by atoms with Gasteiger partial charge in [-0.1, -0.05) is 24.3 Å². The maximum absolute atomic E-state index is 12.2. The number of nitrogens with one attached hydrogen (secondary N) is 2. The monoisotopic (exact) mass is 295 g/mol. The Morgan fingerprint density at radius 1 is 1.09 bits per heavy atom. The lowest BCUT2D eigenvalue weighted by Crippen LogP contribution is -2.27. The van der Waals surface area contributed by atoms with Gasteiger partial charge in [0, 0.05) is 5.56 Å². The Bertz CT molecular complexity index is 706. The summed E-state index contributed by atoms with van der Waals surface area (Å²) in [6, 6.07) is 14.4. The van der Waals surface area contributed by atoms with Crippen LogP contribution in [0, 0.1) is 0 Å². The molecule has 0 spiro atoms. The third-order valence-corrected chi connectivity index (χ3v) is 3.99. The number of rotatable bonds is 5. The van der Waals surface area contributed by atoms with Crippen molar-refractivity contribution in [3.63, 3.8) is 0 Å². The highest BCUT2D eigenvalue weighted by Crippen LogP contribution is 2.45. The largest absolute Gasteiger partial charge is 0.397 e. The van der Waals surface area contributed by atoms with Crippen LogP contribution in [0.1, 0.15) is 28.8 Å². The minimum Gasteiger partial charge on any atom is -0.397 e. The third kappa shape index (κ3) is 2.65. The van der Waals surface area contributed by atoms with Gasteiger partial charge in [-0.15, -0.1) is 0 Å². The summed E-state index contributed by atoms with van der Waals surface area (Å²) in [4.78, 5) is 22.9. The van der Waals surface area contributed by atoms with E-state index in [1.54, 1.807) is 24.3 Å². The zero-order valence-electron chi connectivity index (χ0n) is 12.0. The first-order valence-electron chi connectivity index (χ1n) is 7.12. The fourth-order valence-corrected chi connectivity index (χ4v) is 2.50. The summed E-state index contributed by atoms with van der Waals surface area (Å²) in [5, 5.41) is 5.64. The van der Waals surface area contributed by atoms with E-state index in [2.05, 4.69) is 10.6 Å². The molecule has 22 heavy (non-hydrogen) atoms. The summed E-state index contributed by atoms with van der Waals surface area (Å²) in [5.74, 6) is -0.211. The molecule has 0 unspecified atom stereocenters. The van der Waals surface area contributed by atoms with Crippen LogP contribution in [0.4, 0.5) is 11.4 Å². The average molecular weight is 295 g/mol. The Labute approximate surface area is 128 Å². The first-order chi connectivity index (χ1) is 10.6. The zero-order chi connectivity index (χ0) is 15.6. The topological polar surface area (TPSA) is 84.2 Å². The standard InChI is InChI=1S/C17H17N3O2/c18-14-3-1-2-4-15(14)20-16(22)12-5-7-13(8-6-12)17(9-10-17)19-11-21/h1-8,11H,9-10,18H2,(H,19,21)(H,20,22). The molecule has 3 rings (SSSR count). The second-order valence-corrected chi connectivity index (χ2v) is 5.46. The number of hydrogen-bond acceptors (Lipinski definition) is 3. The minimum absolute atomic E-state index is 0.211. The van der Waals surface area contributed by atoms with E-state index in [9.17, 15) is 9.59 Å². The normalized spacial score (nSPS) is 14.9. The third-order valence-electron chi connectivity index (χ3n) is 3.99. The zero-order valence-corrected chi connectivity index (χ0v) is 12.0. The molecule has 1 aliphatic carbocycles. The SMILES string of the molecule is Nc1ccccc1NC(=O)c1ccc(C2(NC=O)CC2)cc1. The van der Waals surface area contributed by atoms with E-state index in [1.807, 2.05) is 24.3 Å². The number of amides is 2. The molecule has 0 saturated heterocycles. The van der Waals surface area contributed by atoms with Crippen molar-refractivity contribution in [3.8, 4) is 0 Å². The number of carbonyl (C=O) groups excluding carboxylic acids is 2. The predicted octanol–water partition coefficient (Wildman–Crippen LogP) is 2.26. The van der Waals surface area contributed by atoms with Crippen molar-refractivity contribution in [2.24, 2.45) is 0 Å². The van der Waals surface area contributed by atoms with Gasteiger partial charge >= 0.3 is 0 Å². The summed E-state index contributed by atoms with van der Waals surface area (Å²) in [6.07, 6.45) is 2.58. The fraction of sp³-hybridized carbons (Fsp3) is 0.176. The van der Waals surface area contributed by atoms with Crippen molar-refractivity contribution in [1.82, 2.24) is 5.32 Å². The van der Waals surface area contributed by atoms with Crippen LogP contribution in [-0.4, -0.2) is 12.3 Å². The van der Waals surface area contributed by atoms with Crippen molar-refractivity contribution in [3.05, 3.63) is 59.7 Å². The van der Waals surface area contributed by atoms with Crippen molar-refractivity contribution in [2.45, 2.75) is 18.4 Å². The molecule has 0 heterocycles. The Morgan fingerprint density at radius 3 is 2.36 bits per heavy atom. The molecule has 0 aromatic heterocycles. The predicted molar refractivity (Wildman–Crippen MR) is 85.4 cm³/mol. The molecule has 0 bridgehead atoms. The molecule has 2 amide bonds. The molecule has 0 aliphatic heterocycles. The number of benzene rings is 2. The number of anilines is 2. The minimum atomic E-state index is -0.236. The number of nitrogen functional groups attached to an aromatic ring is 1.